The lowest BCUT2D eigenvalue weighted by Crippen LogP contribution is -2.32. The van der Waals surface area contributed by atoms with Gasteiger partial charge in [0.2, 0.25) is 0 Å². The summed E-state index contributed by atoms with van der Waals surface area (Å²) < 4.78 is 7.39. The van der Waals surface area contributed by atoms with Crippen LogP contribution in [0.4, 0.5) is 0 Å². The molecule has 0 aliphatic rings. The van der Waals surface area contributed by atoms with Crippen LogP contribution in [0.1, 0.15) is 12.0 Å². The number of benzene rings is 1. The fourth-order valence-corrected chi connectivity index (χ4v) is 1.95. The van der Waals surface area contributed by atoms with Gasteiger partial charge in [-0.3, -0.25) is 4.68 Å². The minimum absolute atomic E-state index is 0.293. The van der Waals surface area contributed by atoms with Crippen LogP contribution >= 0.6 is 0 Å². The molecule has 1 heterocycles. The minimum atomic E-state index is -0.518. The Hall–Kier alpha value is -1.92. The minimum Gasteiger partial charge on any atom is -0.491 e. The predicted molar refractivity (Wildman–Crippen MR) is 80.2 cm³/mol. The average Bonchev–Trinajstić information content (AvgIpc) is 2.99. The number of nitrogens with one attached hydrogen (secondary N) is 1. The van der Waals surface area contributed by atoms with Gasteiger partial charge >= 0.3 is 0 Å². The maximum absolute atomic E-state index is 9.87. The number of aliphatic hydroxyl groups excluding tert-OH is 1. The molecular formula is C15H22N4O2. The Morgan fingerprint density at radius 2 is 2.24 bits per heavy atom. The molecule has 1 aromatic carbocycles. The Kier molecular flexibility index (Phi) is 6.18. The van der Waals surface area contributed by atoms with Gasteiger partial charge in [-0.15, -0.1) is 5.10 Å². The van der Waals surface area contributed by atoms with Crippen molar-refractivity contribution in [3.05, 3.63) is 42.2 Å². The summed E-state index contributed by atoms with van der Waals surface area (Å²) in [4.78, 5) is 0. The van der Waals surface area contributed by atoms with Gasteiger partial charge in [0.25, 0.3) is 0 Å². The number of hydrogen-bond acceptors (Lipinski definition) is 5. The molecule has 1 atom stereocenters. The van der Waals surface area contributed by atoms with Crippen LogP contribution < -0.4 is 10.1 Å². The highest BCUT2D eigenvalue weighted by atomic mass is 16.5. The van der Waals surface area contributed by atoms with Gasteiger partial charge in [0.1, 0.15) is 18.5 Å². The number of rotatable bonds is 9. The van der Waals surface area contributed by atoms with E-state index >= 15 is 0 Å². The zero-order valence-electron chi connectivity index (χ0n) is 12.3. The monoisotopic (exact) mass is 290 g/mol. The van der Waals surface area contributed by atoms with Gasteiger partial charge in [0.05, 0.1) is 6.20 Å². The smallest absolute Gasteiger partial charge is 0.122 e. The van der Waals surface area contributed by atoms with E-state index in [0.29, 0.717) is 13.2 Å². The van der Waals surface area contributed by atoms with Crippen molar-refractivity contribution >= 4 is 0 Å². The van der Waals surface area contributed by atoms with Crippen LogP contribution in [0.3, 0.4) is 0 Å². The van der Waals surface area contributed by atoms with Gasteiger partial charge < -0.3 is 15.2 Å². The number of nitrogens with zero attached hydrogens (tertiary/aromatic N) is 3. The molecule has 6 heteroatoms. The van der Waals surface area contributed by atoms with Crippen molar-refractivity contribution in [2.45, 2.75) is 26.0 Å². The van der Waals surface area contributed by atoms with E-state index in [1.807, 2.05) is 37.4 Å². The van der Waals surface area contributed by atoms with Crippen LogP contribution in [0.5, 0.6) is 5.75 Å². The first-order valence-electron chi connectivity index (χ1n) is 7.17. The first kappa shape index (κ1) is 15.5. The highest BCUT2D eigenvalue weighted by molar-refractivity contribution is 5.31. The molecule has 0 bridgehead atoms. The summed E-state index contributed by atoms with van der Waals surface area (Å²) >= 11 is 0. The van der Waals surface area contributed by atoms with E-state index in [1.54, 1.807) is 10.9 Å². The lowest BCUT2D eigenvalue weighted by molar-refractivity contribution is 0.106. The summed E-state index contributed by atoms with van der Waals surface area (Å²) in [5, 5.41) is 20.7. The first-order chi connectivity index (χ1) is 10.3. The number of ether oxygens (including phenoxy) is 1. The van der Waals surface area contributed by atoms with Crippen LogP contribution in [-0.4, -0.2) is 45.9 Å². The van der Waals surface area contributed by atoms with Crippen LogP contribution in [-0.2, 0) is 6.54 Å². The van der Waals surface area contributed by atoms with E-state index < -0.39 is 6.10 Å². The Morgan fingerprint density at radius 1 is 1.38 bits per heavy atom. The molecule has 2 N–H and O–H groups in total. The van der Waals surface area contributed by atoms with Gasteiger partial charge in [-0.1, -0.05) is 23.4 Å². The van der Waals surface area contributed by atoms with E-state index in [4.69, 9.17) is 4.74 Å². The van der Waals surface area contributed by atoms with Gasteiger partial charge in [0.15, 0.2) is 0 Å². The van der Waals surface area contributed by atoms with Crippen LogP contribution in [0.25, 0.3) is 0 Å². The third-order valence-electron chi connectivity index (χ3n) is 3.12. The quantitative estimate of drug-likeness (QED) is 0.674. The Labute approximate surface area is 124 Å². The summed E-state index contributed by atoms with van der Waals surface area (Å²) in [6.07, 6.45) is 3.93. The predicted octanol–water partition coefficient (Wildman–Crippen LogP) is 1.01. The van der Waals surface area contributed by atoms with Crippen molar-refractivity contribution in [3.8, 4) is 5.75 Å². The number of aryl methyl sites for hydroxylation is 2. The van der Waals surface area contributed by atoms with Crippen LogP contribution in [0.2, 0.25) is 0 Å². The molecule has 1 unspecified atom stereocenters. The molecule has 114 valence electrons. The van der Waals surface area contributed by atoms with Crippen LogP contribution in [0.15, 0.2) is 36.7 Å². The topological polar surface area (TPSA) is 72.2 Å². The molecule has 2 rings (SSSR count). The highest BCUT2D eigenvalue weighted by Crippen LogP contribution is 2.16. The molecule has 0 aliphatic heterocycles. The van der Waals surface area contributed by atoms with Gasteiger partial charge in [0, 0.05) is 19.3 Å². The molecule has 0 saturated carbocycles. The molecule has 0 radical (unpaired) electrons. The van der Waals surface area contributed by atoms with Gasteiger partial charge in [-0.2, -0.15) is 0 Å². The molecule has 0 amide bonds. The van der Waals surface area contributed by atoms with Gasteiger partial charge in [-0.05, 0) is 31.5 Å². The van der Waals surface area contributed by atoms with Crippen molar-refractivity contribution < 1.29 is 9.84 Å². The summed E-state index contributed by atoms with van der Waals surface area (Å²) in [6, 6.07) is 7.80. The summed E-state index contributed by atoms with van der Waals surface area (Å²) in [5.74, 6) is 0.822. The Balaban J connectivity index is 1.55. The van der Waals surface area contributed by atoms with Crippen LogP contribution in [0, 0.1) is 6.92 Å². The number of para-hydroxylation sites is 1. The molecule has 2 aromatic rings. The largest absolute Gasteiger partial charge is 0.491 e. The average molecular weight is 290 g/mol. The molecule has 0 saturated heterocycles. The lowest BCUT2D eigenvalue weighted by Gasteiger charge is -2.14. The molecule has 1 aromatic heterocycles. The number of aliphatic hydroxyl groups is 1. The second-order valence-electron chi connectivity index (χ2n) is 4.95. The molecule has 21 heavy (non-hydrogen) atoms. The fraction of sp³-hybridized carbons (Fsp3) is 0.467. The van der Waals surface area contributed by atoms with E-state index in [1.165, 1.54) is 0 Å². The molecule has 0 spiro atoms. The molecule has 6 nitrogen and oxygen atoms in total. The second kappa shape index (κ2) is 8.39. The first-order valence-corrected chi connectivity index (χ1v) is 7.17. The zero-order chi connectivity index (χ0) is 14.9. The third kappa shape index (κ3) is 5.53. The van der Waals surface area contributed by atoms with E-state index in [-0.39, 0.29) is 0 Å². The van der Waals surface area contributed by atoms with Crippen molar-refractivity contribution in [1.29, 1.82) is 0 Å². The lowest BCUT2D eigenvalue weighted by atomic mass is 10.2. The third-order valence-corrected chi connectivity index (χ3v) is 3.12. The second-order valence-corrected chi connectivity index (χ2v) is 4.95. The van der Waals surface area contributed by atoms with Crippen molar-refractivity contribution in [1.82, 2.24) is 20.3 Å². The van der Waals surface area contributed by atoms with Crippen molar-refractivity contribution in [2.24, 2.45) is 0 Å². The zero-order valence-corrected chi connectivity index (χ0v) is 12.3. The van der Waals surface area contributed by atoms with Gasteiger partial charge in [-0.25, -0.2) is 0 Å². The maximum atomic E-state index is 9.87. The number of aromatic nitrogens is 3. The van der Waals surface area contributed by atoms with Crippen molar-refractivity contribution in [2.75, 3.05) is 19.7 Å². The molecule has 0 fully saturated rings. The normalized spacial score (nSPS) is 12.3. The summed E-state index contributed by atoms with van der Waals surface area (Å²) in [6.45, 7) is 4.44. The van der Waals surface area contributed by atoms with Crippen molar-refractivity contribution in [3.63, 3.8) is 0 Å². The Bertz CT molecular complexity index is 516. The highest BCUT2D eigenvalue weighted by Gasteiger charge is 2.05. The maximum Gasteiger partial charge on any atom is 0.122 e. The summed E-state index contributed by atoms with van der Waals surface area (Å²) in [7, 11) is 0. The summed E-state index contributed by atoms with van der Waals surface area (Å²) in [5.41, 5.74) is 1.07. The Morgan fingerprint density at radius 3 is 3.00 bits per heavy atom. The SMILES string of the molecule is Cc1ccccc1OCC(O)CNCCCn1ccnn1. The molecular weight excluding hydrogens is 268 g/mol. The fourth-order valence-electron chi connectivity index (χ4n) is 1.95. The van der Waals surface area contributed by atoms with E-state index in [2.05, 4.69) is 15.6 Å². The van der Waals surface area contributed by atoms with E-state index in [0.717, 1.165) is 30.8 Å². The van der Waals surface area contributed by atoms with E-state index in [9.17, 15) is 5.11 Å². The molecule has 0 aliphatic carbocycles. The standard InChI is InChI=1S/C15H22N4O2/c1-13-5-2-3-6-15(13)21-12-14(20)11-16-7-4-9-19-10-8-17-18-19/h2-3,5-6,8,10,14,16,20H,4,7,9,11-12H2,1H3. The number of hydrogen-bond donors (Lipinski definition) is 2.